The summed E-state index contributed by atoms with van der Waals surface area (Å²) in [6.07, 6.45) is 0. The molecule has 7 heteroatoms. The summed E-state index contributed by atoms with van der Waals surface area (Å²) in [5, 5.41) is 6.52. The van der Waals surface area contributed by atoms with Crippen LogP contribution in [-0.2, 0) is 0 Å². The number of methoxy groups -OCH3 is 1. The van der Waals surface area contributed by atoms with Gasteiger partial charge in [0.05, 0.1) is 12.1 Å². The second-order valence-corrected chi connectivity index (χ2v) is 6.84. The number of nitrogens with one attached hydrogen (secondary N) is 2. The number of carbonyl (C=O) groups excluding carboxylic acids is 1. The lowest BCUT2D eigenvalue weighted by molar-refractivity contribution is 0.102. The van der Waals surface area contributed by atoms with Crippen molar-refractivity contribution in [2.75, 3.05) is 17.7 Å². The topological polar surface area (TPSA) is 76.1 Å². The fraction of sp³-hybridized carbons (Fsp3) is 0.190. The highest BCUT2D eigenvalue weighted by atomic mass is 35.5. The molecule has 28 heavy (non-hydrogen) atoms. The standard InChI is InChI=1S/C21H21ClN4O2/c1-12-5-7-17(13(2)9-12)26-21(27)18-11-20(24-14(3)23-18)25-15-6-8-19(28-4)16(22)10-15/h5-11H,1-4H3,(H,26,27)(H,23,24,25). The Bertz CT molecular complexity index is 1040. The van der Waals surface area contributed by atoms with E-state index in [1.807, 2.05) is 38.1 Å². The second kappa shape index (κ2) is 8.27. The number of hydrogen-bond acceptors (Lipinski definition) is 5. The summed E-state index contributed by atoms with van der Waals surface area (Å²) in [4.78, 5) is 21.3. The van der Waals surface area contributed by atoms with E-state index in [2.05, 4.69) is 20.6 Å². The zero-order chi connectivity index (χ0) is 20.3. The van der Waals surface area contributed by atoms with Gasteiger partial charge in [-0.25, -0.2) is 9.97 Å². The third-order valence-corrected chi connectivity index (χ3v) is 4.42. The van der Waals surface area contributed by atoms with Gasteiger partial charge in [0, 0.05) is 17.4 Å². The van der Waals surface area contributed by atoms with Crippen LogP contribution in [0.1, 0.15) is 27.4 Å². The summed E-state index contributed by atoms with van der Waals surface area (Å²) in [6, 6.07) is 12.8. The molecule has 0 saturated carbocycles. The normalized spacial score (nSPS) is 10.5. The molecule has 2 N–H and O–H groups in total. The van der Waals surface area contributed by atoms with Gasteiger partial charge in [-0.1, -0.05) is 29.3 Å². The van der Waals surface area contributed by atoms with E-state index in [1.54, 1.807) is 32.2 Å². The highest BCUT2D eigenvalue weighted by Crippen LogP contribution is 2.28. The number of carbonyl (C=O) groups is 1. The third kappa shape index (κ3) is 4.58. The SMILES string of the molecule is COc1ccc(Nc2cc(C(=O)Nc3ccc(C)cc3C)nc(C)n2)cc1Cl. The van der Waals surface area contributed by atoms with Crippen molar-refractivity contribution >= 4 is 34.7 Å². The molecule has 0 aliphatic carbocycles. The largest absolute Gasteiger partial charge is 0.495 e. The fourth-order valence-corrected chi connectivity index (χ4v) is 3.04. The minimum absolute atomic E-state index is 0.273. The number of rotatable bonds is 5. The van der Waals surface area contributed by atoms with Crippen LogP contribution in [-0.4, -0.2) is 23.0 Å². The molecule has 0 unspecified atom stereocenters. The van der Waals surface area contributed by atoms with Crippen LogP contribution in [0.5, 0.6) is 5.75 Å². The lowest BCUT2D eigenvalue weighted by atomic mass is 10.1. The van der Waals surface area contributed by atoms with Crippen molar-refractivity contribution in [1.82, 2.24) is 9.97 Å². The lowest BCUT2D eigenvalue weighted by Gasteiger charge is -2.11. The summed E-state index contributed by atoms with van der Waals surface area (Å²) < 4.78 is 5.16. The number of aromatic nitrogens is 2. The zero-order valence-corrected chi connectivity index (χ0v) is 16.9. The van der Waals surface area contributed by atoms with E-state index >= 15 is 0 Å². The first-order chi connectivity index (χ1) is 13.4. The molecule has 0 fully saturated rings. The number of aryl methyl sites for hydroxylation is 3. The van der Waals surface area contributed by atoms with Gasteiger partial charge >= 0.3 is 0 Å². The average Bonchev–Trinajstić information content (AvgIpc) is 2.63. The molecule has 0 saturated heterocycles. The summed E-state index contributed by atoms with van der Waals surface area (Å²) in [5.74, 6) is 1.27. The van der Waals surface area contributed by atoms with Gasteiger partial charge in [-0.2, -0.15) is 0 Å². The first-order valence-corrected chi connectivity index (χ1v) is 9.08. The van der Waals surface area contributed by atoms with Crippen LogP contribution in [0.25, 0.3) is 0 Å². The maximum Gasteiger partial charge on any atom is 0.274 e. The van der Waals surface area contributed by atoms with Gasteiger partial charge in [0.1, 0.15) is 23.1 Å². The number of hydrogen-bond donors (Lipinski definition) is 2. The van der Waals surface area contributed by atoms with Crippen LogP contribution >= 0.6 is 11.6 Å². The molecule has 3 aromatic rings. The number of benzene rings is 2. The zero-order valence-electron chi connectivity index (χ0n) is 16.1. The first-order valence-electron chi connectivity index (χ1n) is 8.70. The van der Waals surface area contributed by atoms with Crippen molar-refractivity contribution in [3.63, 3.8) is 0 Å². The monoisotopic (exact) mass is 396 g/mol. The van der Waals surface area contributed by atoms with Crippen molar-refractivity contribution in [2.45, 2.75) is 20.8 Å². The van der Waals surface area contributed by atoms with Crippen LogP contribution in [0.4, 0.5) is 17.2 Å². The second-order valence-electron chi connectivity index (χ2n) is 6.43. The Morgan fingerprint density at radius 3 is 2.50 bits per heavy atom. The highest BCUT2D eigenvalue weighted by Gasteiger charge is 2.13. The number of anilines is 3. The fourth-order valence-electron chi connectivity index (χ4n) is 2.78. The molecule has 0 bridgehead atoms. The molecule has 0 radical (unpaired) electrons. The Labute approximate surface area is 168 Å². The Morgan fingerprint density at radius 1 is 1.04 bits per heavy atom. The summed E-state index contributed by atoms with van der Waals surface area (Å²) in [5.41, 5.74) is 3.88. The van der Waals surface area contributed by atoms with Gasteiger partial charge in [0.2, 0.25) is 0 Å². The van der Waals surface area contributed by atoms with Gasteiger partial charge in [0.15, 0.2) is 0 Å². The van der Waals surface area contributed by atoms with Crippen LogP contribution in [0.2, 0.25) is 5.02 Å². The predicted octanol–water partition coefficient (Wildman–Crippen LogP) is 5.06. The van der Waals surface area contributed by atoms with E-state index in [1.165, 1.54) is 0 Å². The molecule has 0 aliphatic heterocycles. The summed E-state index contributed by atoms with van der Waals surface area (Å²) in [7, 11) is 1.56. The number of halogens is 1. The van der Waals surface area contributed by atoms with E-state index < -0.39 is 0 Å². The molecule has 3 rings (SSSR count). The van der Waals surface area contributed by atoms with Gasteiger partial charge < -0.3 is 15.4 Å². The smallest absolute Gasteiger partial charge is 0.274 e. The lowest BCUT2D eigenvalue weighted by Crippen LogP contribution is -2.16. The molecule has 1 heterocycles. The van der Waals surface area contributed by atoms with E-state index in [4.69, 9.17) is 16.3 Å². The maximum atomic E-state index is 12.7. The molecule has 0 atom stereocenters. The Hall–Kier alpha value is -3.12. The summed E-state index contributed by atoms with van der Waals surface area (Å²) in [6.45, 7) is 5.70. The van der Waals surface area contributed by atoms with Crippen molar-refractivity contribution in [3.05, 3.63) is 70.1 Å². The maximum absolute atomic E-state index is 12.7. The van der Waals surface area contributed by atoms with Crippen LogP contribution < -0.4 is 15.4 Å². The number of nitrogens with zero attached hydrogens (tertiary/aromatic N) is 2. The van der Waals surface area contributed by atoms with Crippen molar-refractivity contribution in [1.29, 1.82) is 0 Å². The molecule has 1 amide bonds. The van der Waals surface area contributed by atoms with Crippen molar-refractivity contribution in [3.8, 4) is 5.75 Å². The number of ether oxygens (including phenoxy) is 1. The first kappa shape index (κ1) is 19.6. The van der Waals surface area contributed by atoms with Crippen molar-refractivity contribution < 1.29 is 9.53 Å². The van der Waals surface area contributed by atoms with E-state index in [0.29, 0.717) is 22.4 Å². The molecule has 0 aliphatic rings. The van der Waals surface area contributed by atoms with Gasteiger partial charge in [-0.15, -0.1) is 0 Å². The van der Waals surface area contributed by atoms with Crippen LogP contribution in [0.15, 0.2) is 42.5 Å². The molecule has 2 aromatic carbocycles. The van der Waals surface area contributed by atoms with E-state index in [9.17, 15) is 4.79 Å². The Morgan fingerprint density at radius 2 is 1.82 bits per heavy atom. The van der Waals surface area contributed by atoms with Crippen LogP contribution in [0.3, 0.4) is 0 Å². The third-order valence-electron chi connectivity index (χ3n) is 4.12. The minimum atomic E-state index is -0.298. The van der Waals surface area contributed by atoms with Gasteiger partial charge in [-0.05, 0) is 50.6 Å². The minimum Gasteiger partial charge on any atom is -0.495 e. The Kier molecular flexibility index (Phi) is 5.80. The Balaban J connectivity index is 1.82. The van der Waals surface area contributed by atoms with Crippen LogP contribution in [0, 0.1) is 20.8 Å². The van der Waals surface area contributed by atoms with Crippen molar-refractivity contribution in [2.24, 2.45) is 0 Å². The summed E-state index contributed by atoms with van der Waals surface area (Å²) >= 11 is 6.16. The molecule has 144 valence electrons. The van der Waals surface area contributed by atoms with E-state index in [0.717, 1.165) is 22.5 Å². The predicted molar refractivity (Wildman–Crippen MR) is 112 cm³/mol. The quantitative estimate of drug-likeness (QED) is 0.630. The molecular weight excluding hydrogens is 376 g/mol. The molecular formula is C21H21ClN4O2. The molecule has 6 nitrogen and oxygen atoms in total. The molecule has 1 aromatic heterocycles. The van der Waals surface area contributed by atoms with Gasteiger partial charge in [0.25, 0.3) is 5.91 Å². The molecule has 0 spiro atoms. The van der Waals surface area contributed by atoms with Gasteiger partial charge in [-0.3, -0.25) is 4.79 Å². The highest BCUT2D eigenvalue weighted by molar-refractivity contribution is 6.32. The average molecular weight is 397 g/mol. The number of amides is 1. The van der Waals surface area contributed by atoms with E-state index in [-0.39, 0.29) is 11.6 Å².